The molecule has 0 bridgehead atoms. The van der Waals surface area contributed by atoms with E-state index in [1.807, 2.05) is 48.1 Å². The Bertz CT molecular complexity index is 323. The van der Waals surface area contributed by atoms with Gasteiger partial charge in [-0.2, -0.15) is 11.8 Å². The van der Waals surface area contributed by atoms with Gasteiger partial charge in [0.05, 0.1) is 0 Å². The molecular weight excluding hydrogens is 270 g/mol. The number of nitrogens with zero attached hydrogens (tertiary/aromatic N) is 1. The lowest BCUT2D eigenvalue weighted by Crippen LogP contribution is -2.07. The van der Waals surface area contributed by atoms with Crippen LogP contribution in [0.4, 0.5) is 0 Å². The summed E-state index contributed by atoms with van der Waals surface area (Å²) in [7, 11) is 0. The van der Waals surface area contributed by atoms with Crippen LogP contribution in [0.5, 0.6) is 0 Å². The maximum absolute atomic E-state index is 3.96. The third kappa shape index (κ3) is 14.1. The van der Waals surface area contributed by atoms with Crippen LogP contribution < -0.4 is 0 Å². The Labute approximate surface area is 128 Å². The maximum atomic E-state index is 3.96. The lowest BCUT2D eigenvalue weighted by atomic mass is 10.3. The average molecular weight is 300 g/mol. The molecule has 1 rings (SSSR count). The lowest BCUT2D eigenvalue weighted by molar-refractivity contribution is 0.800. The minimum absolute atomic E-state index is 0.293. The summed E-state index contributed by atoms with van der Waals surface area (Å²) in [4.78, 5) is 5.25. The van der Waals surface area contributed by atoms with Gasteiger partial charge in [0.25, 0.3) is 0 Å². The molecule has 0 aromatic carbocycles. The number of rotatable bonds is 3. The van der Waals surface area contributed by atoms with Crippen molar-refractivity contribution in [3.8, 4) is 0 Å². The molecule has 0 atom stereocenters. The summed E-state index contributed by atoms with van der Waals surface area (Å²) >= 11 is 3.89. The van der Waals surface area contributed by atoms with Crippen LogP contribution in [0, 0.1) is 0 Å². The quantitative estimate of drug-likeness (QED) is 0.645. The first-order valence-corrected chi connectivity index (χ1v) is 8.67. The molecule has 0 aliphatic heterocycles. The monoisotopic (exact) mass is 299 g/mol. The summed E-state index contributed by atoms with van der Waals surface area (Å²) in [6, 6.07) is 4.08. The molecule has 0 N–H and O–H groups in total. The molecule has 1 nitrogen and oxygen atoms in total. The number of pyridine rings is 1. The Balaban J connectivity index is 0.000000362. The van der Waals surface area contributed by atoms with Crippen molar-refractivity contribution in [2.24, 2.45) is 0 Å². The molecular formula is C16H29NS2. The highest BCUT2D eigenvalue weighted by atomic mass is 32.2. The molecule has 0 saturated carbocycles. The lowest BCUT2D eigenvalue weighted by Gasteiger charge is -2.16. The maximum Gasteiger partial charge on any atom is 0.0278 e. The molecule has 0 saturated heterocycles. The van der Waals surface area contributed by atoms with Crippen LogP contribution in [-0.2, 0) is 0 Å². The van der Waals surface area contributed by atoms with E-state index in [1.54, 1.807) is 0 Å². The second kappa shape index (κ2) is 8.91. The van der Waals surface area contributed by atoms with E-state index >= 15 is 0 Å². The van der Waals surface area contributed by atoms with Gasteiger partial charge in [0.15, 0.2) is 0 Å². The summed E-state index contributed by atoms with van der Waals surface area (Å²) in [5.74, 6) is 1.30. The zero-order valence-corrected chi connectivity index (χ0v) is 15.1. The summed E-state index contributed by atoms with van der Waals surface area (Å²) in [6.07, 6.45) is 4.95. The SMILES string of the molecule is CC(C)(C)Sc1ccncc1.CCCSC(C)(C)C. The van der Waals surface area contributed by atoms with Gasteiger partial charge in [0.1, 0.15) is 0 Å². The van der Waals surface area contributed by atoms with Crippen LogP contribution in [0.1, 0.15) is 54.9 Å². The van der Waals surface area contributed by atoms with Gasteiger partial charge >= 0.3 is 0 Å². The Kier molecular flexibility index (Phi) is 8.84. The van der Waals surface area contributed by atoms with Crippen molar-refractivity contribution in [3.63, 3.8) is 0 Å². The van der Waals surface area contributed by atoms with Gasteiger partial charge in [0, 0.05) is 26.8 Å². The highest BCUT2D eigenvalue weighted by molar-refractivity contribution is 8.00. The minimum atomic E-state index is 0.293. The summed E-state index contributed by atoms with van der Waals surface area (Å²) in [5.41, 5.74) is 0. The van der Waals surface area contributed by atoms with Gasteiger partial charge < -0.3 is 0 Å². The topological polar surface area (TPSA) is 12.9 Å². The van der Waals surface area contributed by atoms with E-state index in [0.717, 1.165) is 0 Å². The van der Waals surface area contributed by atoms with Gasteiger partial charge in [-0.25, -0.2) is 0 Å². The molecule has 0 aliphatic carbocycles. The molecule has 0 unspecified atom stereocenters. The molecule has 19 heavy (non-hydrogen) atoms. The molecule has 1 aromatic heterocycles. The van der Waals surface area contributed by atoms with Crippen molar-refractivity contribution >= 4 is 23.5 Å². The normalized spacial score (nSPS) is 11.7. The van der Waals surface area contributed by atoms with E-state index in [-0.39, 0.29) is 0 Å². The van der Waals surface area contributed by atoms with E-state index < -0.39 is 0 Å². The number of thioether (sulfide) groups is 2. The Morgan fingerprint density at radius 1 is 0.947 bits per heavy atom. The van der Waals surface area contributed by atoms with Gasteiger partial charge in [-0.1, -0.05) is 48.5 Å². The zero-order chi connectivity index (χ0) is 14.9. The van der Waals surface area contributed by atoms with Crippen LogP contribution in [0.25, 0.3) is 0 Å². The predicted molar refractivity (Wildman–Crippen MR) is 92.3 cm³/mol. The Morgan fingerprint density at radius 3 is 1.79 bits per heavy atom. The third-order valence-corrected chi connectivity index (χ3v) is 4.41. The van der Waals surface area contributed by atoms with Crippen molar-refractivity contribution in [3.05, 3.63) is 24.5 Å². The largest absolute Gasteiger partial charge is 0.265 e. The predicted octanol–water partition coefficient (Wildman–Crippen LogP) is 5.90. The first-order chi connectivity index (χ1) is 8.64. The fourth-order valence-electron chi connectivity index (χ4n) is 1.17. The van der Waals surface area contributed by atoms with Gasteiger partial charge in [0.2, 0.25) is 0 Å². The number of hydrogen-bond donors (Lipinski definition) is 0. The van der Waals surface area contributed by atoms with Crippen LogP contribution in [0.2, 0.25) is 0 Å². The minimum Gasteiger partial charge on any atom is -0.265 e. The smallest absolute Gasteiger partial charge is 0.0278 e. The van der Waals surface area contributed by atoms with Crippen LogP contribution in [-0.4, -0.2) is 20.2 Å². The zero-order valence-electron chi connectivity index (χ0n) is 13.5. The highest BCUT2D eigenvalue weighted by Gasteiger charge is 2.10. The van der Waals surface area contributed by atoms with Crippen molar-refractivity contribution < 1.29 is 0 Å². The fourth-order valence-corrected chi connectivity index (χ4v) is 2.95. The van der Waals surface area contributed by atoms with Gasteiger partial charge in [-0.15, -0.1) is 11.8 Å². The second-order valence-electron chi connectivity index (χ2n) is 6.36. The van der Waals surface area contributed by atoms with Crippen molar-refractivity contribution in [1.82, 2.24) is 4.98 Å². The standard InChI is InChI=1S/C9H13NS.C7H16S/c1-9(2,3)11-8-4-6-10-7-5-8;1-5-6-8-7(2,3)4/h4-7H,1-3H3;5-6H2,1-4H3. The van der Waals surface area contributed by atoms with E-state index in [9.17, 15) is 0 Å². The summed E-state index contributed by atoms with van der Waals surface area (Å²) < 4.78 is 0.761. The molecule has 0 spiro atoms. The van der Waals surface area contributed by atoms with Crippen molar-refractivity contribution in [1.29, 1.82) is 0 Å². The van der Waals surface area contributed by atoms with E-state index in [2.05, 4.69) is 53.5 Å². The Hall–Kier alpha value is -0.150. The molecule has 3 heteroatoms. The molecule has 0 aliphatic rings. The summed E-state index contributed by atoms with van der Waals surface area (Å²) in [5, 5.41) is 0. The van der Waals surface area contributed by atoms with Crippen molar-refractivity contribution in [2.45, 2.75) is 69.3 Å². The first-order valence-electron chi connectivity index (χ1n) is 6.87. The molecule has 110 valence electrons. The Morgan fingerprint density at radius 2 is 1.47 bits per heavy atom. The van der Waals surface area contributed by atoms with Crippen molar-refractivity contribution in [2.75, 3.05) is 5.75 Å². The molecule has 1 aromatic rings. The first kappa shape index (κ1) is 18.9. The highest BCUT2D eigenvalue weighted by Crippen LogP contribution is 2.30. The van der Waals surface area contributed by atoms with Crippen LogP contribution in [0.3, 0.4) is 0 Å². The number of hydrogen-bond acceptors (Lipinski definition) is 3. The number of aromatic nitrogens is 1. The van der Waals surface area contributed by atoms with E-state index in [1.165, 1.54) is 17.1 Å². The average Bonchev–Trinajstić information content (AvgIpc) is 2.25. The molecule has 0 amide bonds. The fraction of sp³-hybridized carbons (Fsp3) is 0.688. The van der Waals surface area contributed by atoms with Crippen LogP contribution >= 0.6 is 23.5 Å². The van der Waals surface area contributed by atoms with E-state index in [4.69, 9.17) is 0 Å². The second-order valence-corrected chi connectivity index (χ2v) is 10.2. The third-order valence-electron chi connectivity index (χ3n) is 1.81. The van der Waals surface area contributed by atoms with Gasteiger partial charge in [-0.05, 0) is 24.3 Å². The molecule has 0 radical (unpaired) electrons. The summed E-state index contributed by atoms with van der Waals surface area (Å²) in [6.45, 7) is 15.6. The van der Waals surface area contributed by atoms with Gasteiger partial charge in [-0.3, -0.25) is 4.98 Å². The van der Waals surface area contributed by atoms with E-state index in [0.29, 0.717) is 9.49 Å². The van der Waals surface area contributed by atoms with Crippen LogP contribution in [0.15, 0.2) is 29.4 Å². The molecule has 1 heterocycles. The molecule has 0 fully saturated rings.